The van der Waals surface area contributed by atoms with Gasteiger partial charge in [0.05, 0.1) is 23.7 Å². The number of carboxylic acid groups (broad SMARTS) is 1. The maximum atomic E-state index is 12.3. The molecule has 0 radical (unpaired) electrons. The number of carbonyl (C=O) groups excluding carboxylic acids is 1. The van der Waals surface area contributed by atoms with Crippen LogP contribution < -0.4 is 9.83 Å². The minimum Gasteiger partial charge on any atom is -0.548 e. The SMILES string of the molecule is CCCC(NS(=O)(=O)c1cccc2nsnc12)C(=O)[O-]. The van der Waals surface area contributed by atoms with Gasteiger partial charge in [0.1, 0.15) is 15.9 Å². The van der Waals surface area contributed by atoms with E-state index in [1.54, 1.807) is 13.0 Å². The second-order valence-corrected chi connectivity index (χ2v) is 6.38. The van der Waals surface area contributed by atoms with Gasteiger partial charge in [0.15, 0.2) is 0 Å². The summed E-state index contributed by atoms with van der Waals surface area (Å²) in [6, 6.07) is 3.28. The quantitative estimate of drug-likeness (QED) is 0.796. The fraction of sp³-hybridized carbons (Fsp3) is 0.364. The van der Waals surface area contributed by atoms with Gasteiger partial charge in [0, 0.05) is 0 Å². The molecule has 0 saturated heterocycles. The monoisotopic (exact) mass is 314 g/mol. The molecular weight excluding hydrogens is 302 g/mol. The molecule has 2 aromatic rings. The van der Waals surface area contributed by atoms with Gasteiger partial charge in [-0.2, -0.15) is 8.75 Å². The molecule has 0 bridgehead atoms. The van der Waals surface area contributed by atoms with Crippen molar-refractivity contribution in [2.75, 3.05) is 0 Å². The number of carboxylic acids is 1. The maximum absolute atomic E-state index is 12.3. The first kappa shape index (κ1) is 14.8. The number of nitrogens with zero attached hydrogens (tertiary/aromatic N) is 2. The molecule has 1 aromatic carbocycles. The molecule has 1 unspecified atom stereocenters. The minimum atomic E-state index is -3.99. The van der Waals surface area contributed by atoms with Crippen LogP contribution in [-0.2, 0) is 14.8 Å². The molecular formula is C11H12N3O4S2-. The summed E-state index contributed by atoms with van der Waals surface area (Å²) in [6.07, 6.45) is 0.677. The van der Waals surface area contributed by atoms with Crippen molar-refractivity contribution in [2.24, 2.45) is 0 Å². The summed E-state index contributed by atoms with van der Waals surface area (Å²) in [5, 5.41) is 10.9. The first-order valence-corrected chi connectivity index (χ1v) is 8.11. The number of carbonyl (C=O) groups is 1. The van der Waals surface area contributed by atoms with Gasteiger partial charge in [0.2, 0.25) is 10.0 Å². The van der Waals surface area contributed by atoms with E-state index in [2.05, 4.69) is 13.5 Å². The Balaban J connectivity index is 2.39. The summed E-state index contributed by atoms with van der Waals surface area (Å²) in [7, 11) is -3.99. The van der Waals surface area contributed by atoms with Crippen LogP contribution in [0.15, 0.2) is 23.1 Å². The van der Waals surface area contributed by atoms with E-state index in [1.807, 2.05) is 0 Å². The number of nitrogens with one attached hydrogen (secondary N) is 1. The summed E-state index contributed by atoms with van der Waals surface area (Å²) in [6.45, 7) is 1.76. The van der Waals surface area contributed by atoms with E-state index < -0.39 is 22.0 Å². The van der Waals surface area contributed by atoms with Gasteiger partial charge in [-0.1, -0.05) is 19.4 Å². The Kier molecular flexibility index (Phi) is 4.31. The first-order chi connectivity index (χ1) is 9.45. The summed E-state index contributed by atoms with van der Waals surface area (Å²) in [5.41, 5.74) is 0.692. The number of hydrogen-bond acceptors (Lipinski definition) is 7. The van der Waals surface area contributed by atoms with Crippen LogP contribution in [0.3, 0.4) is 0 Å². The smallest absolute Gasteiger partial charge is 0.243 e. The number of aliphatic carboxylic acids is 1. The van der Waals surface area contributed by atoms with Crippen molar-refractivity contribution in [3.63, 3.8) is 0 Å². The van der Waals surface area contributed by atoms with Crippen molar-refractivity contribution in [2.45, 2.75) is 30.7 Å². The molecule has 20 heavy (non-hydrogen) atoms. The molecule has 1 heterocycles. The molecule has 0 saturated carbocycles. The Morgan fingerprint density at radius 3 is 2.85 bits per heavy atom. The summed E-state index contributed by atoms with van der Waals surface area (Å²) in [4.78, 5) is 10.9. The number of aromatic nitrogens is 2. The van der Waals surface area contributed by atoms with Crippen LogP contribution in [0, 0.1) is 0 Å². The van der Waals surface area contributed by atoms with E-state index in [4.69, 9.17) is 0 Å². The third kappa shape index (κ3) is 2.94. The van der Waals surface area contributed by atoms with Crippen LogP contribution >= 0.6 is 11.7 Å². The Labute approximate surface area is 120 Å². The Bertz CT molecular complexity index is 726. The zero-order valence-electron chi connectivity index (χ0n) is 10.6. The van der Waals surface area contributed by atoms with E-state index in [1.165, 1.54) is 12.1 Å². The van der Waals surface area contributed by atoms with Crippen LogP contribution in [-0.4, -0.2) is 29.2 Å². The normalized spacial score (nSPS) is 13.4. The van der Waals surface area contributed by atoms with Gasteiger partial charge >= 0.3 is 0 Å². The van der Waals surface area contributed by atoms with E-state index in [0.29, 0.717) is 11.9 Å². The standard InChI is InChI=1S/C11H13N3O4S2/c1-2-4-8(11(15)16)14-20(17,18)9-6-3-5-7-10(9)13-19-12-7/h3,5-6,8,14H,2,4H2,1H3,(H,15,16)/p-1. The van der Waals surface area contributed by atoms with Crippen molar-refractivity contribution in [3.05, 3.63) is 18.2 Å². The van der Waals surface area contributed by atoms with Crippen LogP contribution in [0.2, 0.25) is 0 Å². The molecule has 2 rings (SSSR count). The van der Waals surface area contributed by atoms with Crippen molar-refractivity contribution in [1.82, 2.24) is 13.5 Å². The molecule has 1 atom stereocenters. The van der Waals surface area contributed by atoms with Gasteiger partial charge in [-0.15, -0.1) is 0 Å². The first-order valence-electron chi connectivity index (χ1n) is 5.90. The lowest BCUT2D eigenvalue weighted by molar-refractivity contribution is -0.308. The van der Waals surface area contributed by atoms with Crippen LogP contribution in [0.5, 0.6) is 0 Å². The summed E-state index contributed by atoms with van der Waals surface area (Å²) >= 11 is 0.898. The Morgan fingerprint density at radius 1 is 1.45 bits per heavy atom. The van der Waals surface area contributed by atoms with E-state index in [0.717, 1.165) is 11.7 Å². The largest absolute Gasteiger partial charge is 0.548 e. The number of fused-ring (bicyclic) bond motifs is 1. The average Bonchev–Trinajstić information content (AvgIpc) is 2.85. The third-order valence-electron chi connectivity index (χ3n) is 2.70. The van der Waals surface area contributed by atoms with Crippen LogP contribution in [0.1, 0.15) is 19.8 Å². The zero-order valence-corrected chi connectivity index (χ0v) is 12.2. The van der Waals surface area contributed by atoms with Crippen molar-refractivity contribution in [3.8, 4) is 0 Å². The predicted octanol–water partition coefficient (Wildman–Crippen LogP) is -0.112. The highest BCUT2D eigenvalue weighted by Crippen LogP contribution is 2.21. The Hall–Kier alpha value is -1.58. The summed E-state index contributed by atoms with van der Waals surface area (Å²) < 4.78 is 34.6. The van der Waals surface area contributed by atoms with Crippen LogP contribution in [0.4, 0.5) is 0 Å². The molecule has 0 aliphatic heterocycles. The topological polar surface area (TPSA) is 112 Å². The molecule has 108 valence electrons. The maximum Gasteiger partial charge on any atom is 0.243 e. The van der Waals surface area contributed by atoms with Crippen molar-refractivity contribution < 1.29 is 18.3 Å². The number of sulfonamides is 1. The van der Waals surface area contributed by atoms with Gasteiger partial charge in [-0.3, -0.25) is 0 Å². The van der Waals surface area contributed by atoms with Crippen LogP contribution in [0.25, 0.3) is 11.0 Å². The molecule has 0 aliphatic rings. The Morgan fingerprint density at radius 2 is 2.20 bits per heavy atom. The predicted molar refractivity (Wildman–Crippen MR) is 71.4 cm³/mol. The lowest BCUT2D eigenvalue weighted by atomic mass is 10.2. The summed E-state index contributed by atoms with van der Waals surface area (Å²) in [5.74, 6) is -1.45. The molecule has 1 N–H and O–H groups in total. The van der Waals surface area contributed by atoms with Crippen molar-refractivity contribution >= 4 is 38.8 Å². The lowest BCUT2D eigenvalue weighted by Gasteiger charge is -2.18. The van der Waals surface area contributed by atoms with Gasteiger partial charge in [0.25, 0.3) is 0 Å². The fourth-order valence-corrected chi connectivity index (χ4v) is 3.75. The molecule has 0 fully saturated rings. The average molecular weight is 314 g/mol. The van der Waals surface area contributed by atoms with E-state index >= 15 is 0 Å². The van der Waals surface area contributed by atoms with E-state index in [9.17, 15) is 18.3 Å². The van der Waals surface area contributed by atoms with Gasteiger partial charge in [-0.25, -0.2) is 13.1 Å². The molecule has 1 aromatic heterocycles. The zero-order chi connectivity index (χ0) is 14.8. The number of rotatable bonds is 6. The van der Waals surface area contributed by atoms with Crippen molar-refractivity contribution in [1.29, 1.82) is 0 Å². The van der Waals surface area contributed by atoms with Gasteiger partial charge in [-0.05, 0) is 18.6 Å². The molecule has 0 amide bonds. The fourth-order valence-electron chi connectivity index (χ4n) is 1.76. The van der Waals surface area contributed by atoms with E-state index in [-0.39, 0.29) is 16.8 Å². The second-order valence-electron chi connectivity index (χ2n) is 4.17. The highest BCUT2D eigenvalue weighted by Gasteiger charge is 2.23. The highest BCUT2D eigenvalue weighted by atomic mass is 32.2. The molecule has 0 spiro atoms. The number of benzene rings is 1. The molecule has 9 heteroatoms. The lowest BCUT2D eigenvalue weighted by Crippen LogP contribution is -2.47. The third-order valence-corrected chi connectivity index (χ3v) is 4.74. The highest BCUT2D eigenvalue weighted by molar-refractivity contribution is 7.89. The number of hydrogen-bond donors (Lipinski definition) is 1. The molecule has 0 aliphatic carbocycles. The second kappa shape index (κ2) is 5.81. The minimum absolute atomic E-state index is 0.0777. The van der Waals surface area contributed by atoms with Gasteiger partial charge < -0.3 is 9.90 Å². The molecule has 7 nitrogen and oxygen atoms in total.